The van der Waals surface area contributed by atoms with Crippen LogP contribution in [0.25, 0.3) is 0 Å². The van der Waals surface area contributed by atoms with E-state index in [1.165, 1.54) is 4.88 Å². The zero-order chi connectivity index (χ0) is 16.4. The Bertz CT molecular complexity index is 679. The molecule has 1 aliphatic rings. The molecule has 6 nitrogen and oxygen atoms in total. The van der Waals surface area contributed by atoms with Crippen LogP contribution in [0.2, 0.25) is 0 Å². The van der Waals surface area contributed by atoms with Crippen molar-refractivity contribution in [2.75, 3.05) is 6.54 Å². The number of carbonyl (C=O) groups excluding carboxylic acids is 1. The van der Waals surface area contributed by atoms with E-state index < -0.39 is 0 Å². The number of carbonyl (C=O) groups is 1. The van der Waals surface area contributed by atoms with Crippen LogP contribution in [0, 0.1) is 6.92 Å². The standard InChI is InChI=1S/C16H22N4O2S/c1-10(2)15-18-16(22-19-15)12-5-4-8-20(12)14(21)7-6-13-11(3)17-9-23-13/h9-10,12H,4-8H2,1-3H3/t12-/m0/s1. The lowest BCUT2D eigenvalue weighted by atomic mass is 10.2. The minimum Gasteiger partial charge on any atom is -0.337 e. The highest BCUT2D eigenvalue weighted by molar-refractivity contribution is 7.09. The van der Waals surface area contributed by atoms with E-state index in [1.54, 1.807) is 11.3 Å². The largest absolute Gasteiger partial charge is 0.337 e. The Morgan fingerprint density at radius 1 is 1.52 bits per heavy atom. The molecule has 7 heteroatoms. The van der Waals surface area contributed by atoms with Crippen LogP contribution in [0.5, 0.6) is 0 Å². The van der Waals surface area contributed by atoms with Crippen LogP contribution in [-0.4, -0.2) is 32.5 Å². The number of amides is 1. The third kappa shape index (κ3) is 3.44. The fourth-order valence-electron chi connectivity index (χ4n) is 2.87. The second kappa shape index (κ2) is 6.78. The van der Waals surface area contributed by atoms with E-state index in [1.807, 2.05) is 31.2 Å². The van der Waals surface area contributed by atoms with Gasteiger partial charge in [0.2, 0.25) is 11.8 Å². The lowest BCUT2D eigenvalue weighted by Gasteiger charge is -2.21. The summed E-state index contributed by atoms with van der Waals surface area (Å²) in [5.41, 5.74) is 2.86. The van der Waals surface area contributed by atoms with E-state index in [0.29, 0.717) is 18.1 Å². The Balaban J connectivity index is 1.65. The molecule has 1 amide bonds. The van der Waals surface area contributed by atoms with Crippen LogP contribution in [0.1, 0.15) is 67.4 Å². The zero-order valence-corrected chi connectivity index (χ0v) is 14.6. The van der Waals surface area contributed by atoms with E-state index in [2.05, 4.69) is 15.1 Å². The Morgan fingerprint density at radius 2 is 2.35 bits per heavy atom. The van der Waals surface area contributed by atoms with Crippen LogP contribution in [0.4, 0.5) is 0 Å². The van der Waals surface area contributed by atoms with Gasteiger partial charge in [-0.2, -0.15) is 4.98 Å². The summed E-state index contributed by atoms with van der Waals surface area (Å²) in [6.07, 6.45) is 3.13. The average molecular weight is 334 g/mol. The minimum absolute atomic E-state index is 0.0648. The molecule has 0 saturated carbocycles. The molecule has 0 N–H and O–H groups in total. The first-order valence-electron chi connectivity index (χ1n) is 8.08. The second-order valence-corrected chi connectivity index (χ2v) is 7.19. The molecule has 1 saturated heterocycles. The predicted molar refractivity (Wildman–Crippen MR) is 87.2 cm³/mol. The van der Waals surface area contributed by atoms with Crippen molar-refractivity contribution in [2.24, 2.45) is 0 Å². The van der Waals surface area contributed by atoms with Gasteiger partial charge in [-0.15, -0.1) is 11.3 Å². The molecule has 0 bridgehead atoms. The van der Waals surface area contributed by atoms with E-state index in [4.69, 9.17) is 4.52 Å². The highest BCUT2D eigenvalue weighted by Crippen LogP contribution is 2.32. The number of aryl methyl sites for hydroxylation is 2. The lowest BCUT2D eigenvalue weighted by Crippen LogP contribution is -2.30. The molecule has 1 aliphatic heterocycles. The first kappa shape index (κ1) is 16.1. The Morgan fingerprint density at radius 3 is 3.00 bits per heavy atom. The molecule has 23 heavy (non-hydrogen) atoms. The molecule has 3 rings (SSSR count). The number of hydrogen-bond acceptors (Lipinski definition) is 6. The van der Waals surface area contributed by atoms with E-state index in [9.17, 15) is 4.79 Å². The molecule has 1 atom stereocenters. The lowest BCUT2D eigenvalue weighted by molar-refractivity contribution is -0.132. The normalized spacial score (nSPS) is 18.1. The van der Waals surface area contributed by atoms with Crippen LogP contribution >= 0.6 is 11.3 Å². The topological polar surface area (TPSA) is 72.1 Å². The Labute approximate surface area is 139 Å². The van der Waals surface area contributed by atoms with Crippen LogP contribution in [0.3, 0.4) is 0 Å². The highest BCUT2D eigenvalue weighted by Gasteiger charge is 2.33. The summed E-state index contributed by atoms with van der Waals surface area (Å²) in [5, 5.41) is 4.02. The van der Waals surface area contributed by atoms with Gasteiger partial charge in [0.25, 0.3) is 0 Å². The van der Waals surface area contributed by atoms with Crippen molar-refractivity contribution in [2.45, 2.75) is 58.4 Å². The van der Waals surface area contributed by atoms with Gasteiger partial charge in [-0.1, -0.05) is 19.0 Å². The molecule has 0 unspecified atom stereocenters. The van der Waals surface area contributed by atoms with Crippen molar-refractivity contribution in [3.05, 3.63) is 27.8 Å². The molecular weight excluding hydrogens is 312 g/mol. The molecule has 124 valence electrons. The highest BCUT2D eigenvalue weighted by atomic mass is 32.1. The third-order valence-corrected chi connectivity index (χ3v) is 5.24. The molecular formula is C16H22N4O2S. The summed E-state index contributed by atoms with van der Waals surface area (Å²) < 4.78 is 5.40. The minimum atomic E-state index is -0.0648. The maximum Gasteiger partial charge on any atom is 0.249 e. The van der Waals surface area contributed by atoms with Gasteiger partial charge in [0.15, 0.2) is 5.82 Å². The Hall–Kier alpha value is -1.76. The maximum atomic E-state index is 12.6. The summed E-state index contributed by atoms with van der Waals surface area (Å²) in [7, 11) is 0. The fourth-order valence-corrected chi connectivity index (χ4v) is 3.65. The van der Waals surface area contributed by atoms with Gasteiger partial charge >= 0.3 is 0 Å². The van der Waals surface area contributed by atoms with Crippen molar-refractivity contribution in [1.82, 2.24) is 20.0 Å². The fraction of sp³-hybridized carbons (Fsp3) is 0.625. The summed E-state index contributed by atoms with van der Waals surface area (Å²) in [6.45, 7) is 6.82. The zero-order valence-electron chi connectivity index (χ0n) is 13.8. The van der Waals surface area contributed by atoms with Gasteiger partial charge < -0.3 is 9.42 Å². The number of rotatable bonds is 5. The third-order valence-electron chi connectivity index (χ3n) is 4.24. The molecule has 2 aromatic rings. The molecule has 0 aromatic carbocycles. The Kier molecular flexibility index (Phi) is 4.75. The second-order valence-electron chi connectivity index (χ2n) is 6.25. The maximum absolute atomic E-state index is 12.6. The van der Waals surface area contributed by atoms with Gasteiger partial charge in [0.05, 0.1) is 11.2 Å². The van der Waals surface area contributed by atoms with Gasteiger partial charge in [-0.25, -0.2) is 4.98 Å². The summed E-state index contributed by atoms with van der Waals surface area (Å²) >= 11 is 1.62. The number of aromatic nitrogens is 3. The van der Waals surface area contributed by atoms with Crippen molar-refractivity contribution in [3.63, 3.8) is 0 Å². The van der Waals surface area contributed by atoms with E-state index in [-0.39, 0.29) is 17.9 Å². The molecule has 0 spiro atoms. The van der Waals surface area contributed by atoms with Gasteiger partial charge in [-0.05, 0) is 26.2 Å². The number of hydrogen-bond donors (Lipinski definition) is 0. The van der Waals surface area contributed by atoms with Gasteiger partial charge in [0, 0.05) is 23.8 Å². The van der Waals surface area contributed by atoms with E-state index >= 15 is 0 Å². The van der Waals surface area contributed by atoms with Gasteiger partial charge in [0.1, 0.15) is 6.04 Å². The number of thiazole rings is 1. The van der Waals surface area contributed by atoms with Crippen molar-refractivity contribution < 1.29 is 9.32 Å². The average Bonchev–Trinajstić information content (AvgIpc) is 3.24. The number of nitrogens with zero attached hydrogens (tertiary/aromatic N) is 4. The first-order chi connectivity index (χ1) is 11.1. The van der Waals surface area contributed by atoms with Crippen LogP contribution in [0.15, 0.2) is 10.0 Å². The SMILES string of the molecule is Cc1ncsc1CCC(=O)N1CCC[C@H]1c1nc(C(C)C)no1. The van der Waals surface area contributed by atoms with Crippen LogP contribution < -0.4 is 0 Å². The van der Waals surface area contributed by atoms with E-state index in [0.717, 1.165) is 31.5 Å². The predicted octanol–water partition coefficient (Wildman–Crippen LogP) is 3.25. The van der Waals surface area contributed by atoms with Crippen molar-refractivity contribution in [3.8, 4) is 0 Å². The number of likely N-dealkylation sites (tertiary alicyclic amines) is 1. The van der Waals surface area contributed by atoms with Gasteiger partial charge in [-0.3, -0.25) is 4.79 Å². The van der Waals surface area contributed by atoms with Crippen LogP contribution in [-0.2, 0) is 11.2 Å². The molecule has 3 heterocycles. The molecule has 0 radical (unpaired) electrons. The monoisotopic (exact) mass is 334 g/mol. The molecule has 1 fully saturated rings. The van der Waals surface area contributed by atoms with Crippen molar-refractivity contribution >= 4 is 17.2 Å². The summed E-state index contributed by atoms with van der Waals surface area (Å²) in [5.74, 6) is 1.67. The molecule has 0 aliphatic carbocycles. The quantitative estimate of drug-likeness (QED) is 0.839. The smallest absolute Gasteiger partial charge is 0.249 e. The first-order valence-corrected chi connectivity index (χ1v) is 8.96. The van der Waals surface area contributed by atoms with Crippen molar-refractivity contribution in [1.29, 1.82) is 0 Å². The summed E-state index contributed by atoms with van der Waals surface area (Å²) in [6, 6.07) is -0.0648. The summed E-state index contributed by atoms with van der Waals surface area (Å²) in [4.78, 5) is 24.4. The molecule has 2 aromatic heterocycles.